The first-order chi connectivity index (χ1) is 11.2. The molecule has 0 heterocycles. The van der Waals surface area contributed by atoms with Crippen molar-refractivity contribution in [3.63, 3.8) is 0 Å². The van der Waals surface area contributed by atoms with Crippen molar-refractivity contribution in [1.29, 1.82) is 0 Å². The zero-order valence-electron chi connectivity index (χ0n) is 14.5. The summed E-state index contributed by atoms with van der Waals surface area (Å²) in [6.07, 6.45) is 0. The van der Waals surface area contributed by atoms with E-state index < -0.39 is 0 Å². The predicted octanol–water partition coefficient (Wildman–Crippen LogP) is 1.39. The lowest BCUT2D eigenvalue weighted by Crippen LogP contribution is -2.38. The number of hydrogen-bond acceptors (Lipinski definition) is 5. The number of ether oxygens (including phenoxy) is 3. The molecule has 138 valence electrons. The fourth-order valence-corrected chi connectivity index (χ4v) is 1.87. The molecule has 0 fully saturated rings. The van der Waals surface area contributed by atoms with Gasteiger partial charge in [-0.3, -0.25) is 0 Å². The van der Waals surface area contributed by atoms with E-state index in [9.17, 15) is 0 Å². The van der Waals surface area contributed by atoms with Crippen molar-refractivity contribution in [3.05, 3.63) is 23.8 Å². The number of methoxy groups -OCH3 is 2. The molecular weight excluding hydrogens is 425 g/mol. The molecule has 0 aliphatic heterocycles. The number of halogens is 1. The number of guanidine groups is 1. The van der Waals surface area contributed by atoms with Gasteiger partial charge < -0.3 is 30.0 Å². The van der Waals surface area contributed by atoms with Crippen LogP contribution in [0.1, 0.15) is 12.5 Å². The van der Waals surface area contributed by atoms with Crippen LogP contribution in [0.5, 0.6) is 11.5 Å². The van der Waals surface area contributed by atoms with Crippen LogP contribution in [0.4, 0.5) is 0 Å². The van der Waals surface area contributed by atoms with Crippen LogP contribution in [0.25, 0.3) is 0 Å². The van der Waals surface area contributed by atoms with Gasteiger partial charge in [0.2, 0.25) is 0 Å². The van der Waals surface area contributed by atoms with Gasteiger partial charge in [-0.2, -0.15) is 0 Å². The Labute approximate surface area is 160 Å². The van der Waals surface area contributed by atoms with Gasteiger partial charge in [-0.25, -0.2) is 4.99 Å². The Morgan fingerprint density at radius 2 is 1.96 bits per heavy atom. The minimum Gasteiger partial charge on any atom is -0.493 e. The lowest BCUT2D eigenvalue weighted by Gasteiger charge is -2.12. The van der Waals surface area contributed by atoms with Crippen molar-refractivity contribution in [2.24, 2.45) is 4.99 Å². The minimum atomic E-state index is -0.0333. The molecule has 24 heavy (non-hydrogen) atoms. The Hall–Kier alpha value is -1.26. The summed E-state index contributed by atoms with van der Waals surface area (Å²) in [7, 11) is 3.25. The third kappa shape index (κ3) is 8.55. The van der Waals surface area contributed by atoms with Crippen molar-refractivity contribution >= 4 is 29.9 Å². The summed E-state index contributed by atoms with van der Waals surface area (Å²) in [5.41, 5.74) is 1.00. The van der Waals surface area contributed by atoms with Crippen LogP contribution in [0, 0.1) is 0 Å². The SMILES string of the molecule is CCNC(=NCc1ccc(OCCO)c(OC)c1)NCCOC.I. The largest absolute Gasteiger partial charge is 0.493 e. The third-order valence-corrected chi connectivity index (χ3v) is 2.94. The molecule has 8 heteroatoms. The maximum atomic E-state index is 8.82. The molecular formula is C16H28IN3O4. The van der Waals surface area contributed by atoms with Gasteiger partial charge in [0.15, 0.2) is 17.5 Å². The van der Waals surface area contributed by atoms with Crippen LogP contribution < -0.4 is 20.1 Å². The van der Waals surface area contributed by atoms with E-state index in [1.54, 1.807) is 14.2 Å². The second-order valence-electron chi connectivity index (χ2n) is 4.67. The molecule has 0 radical (unpaired) electrons. The average Bonchev–Trinajstić information content (AvgIpc) is 2.58. The monoisotopic (exact) mass is 453 g/mol. The van der Waals surface area contributed by atoms with Gasteiger partial charge in [0.05, 0.1) is 26.9 Å². The van der Waals surface area contributed by atoms with Gasteiger partial charge in [0.25, 0.3) is 0 Å². The molecule has 1 aromatic carbocycles. The number of rotatable bonds is 10. The van der Waals surface area contributed by atoms with Gasteiger partial charge in [0, 0.05) is 20.2 Å². The van der Waals surface area contributed by atoms with Crippen LogP contribution in [0.3, 0.4) is 0 Å². The normalized spacial score (nSPS) is 10.8. The van der Waals surface area contributed by atoms with Crippen LogP contribution in [0.15, 0.2) is 23.2 Å². The number of benzene rings is 1. The van der Waals surface area contributed by atoms with E-state index in [0.717, 1.165) is 18.1 Å². The first-order valence-corrected chi connectivity index (χ1v) is 7.66. The molecule has 7 nitrogen and oxygen atoms in total. The summed E-state index contributed by atoms with van der Waals surface area (Å²) in [6, 6.07) is 5.64. The maximum absolute atomic E-state index is 8.82. The second kappa shape index (κ2) is 14.1. The summed E-state index contributed by atoms with van der Waals surface area (Å²) < 4.78 is 15.7. The standard InChI is InChI=1S/C16H27N3O4.HI/c1-4-17-16(18-7-9-21-2)19-12-13-5-6-14(23-10-8-20)15(11-13)22-3;/h5-6,11,20H,4,7-10,12H2,1-3H3,(H2,17,18,19);1H. The zero-order valence-corrected chi connectivity index (χ0v) is 16.8. The topological polar surface area (TPSA) is 84.3 Å². The number of nitrogens with zero attached hydrogens (tertiary/aromatic N) is 1. The van der Waals surface area contributed by atoms with E-state index in [0.29, 0.717) is 31.2 Å². The zero-order chi connectivity index (χ0) is 16.9. The van der Waals surface area contributed by atoms with Crippen LogP contribution in [-0.2, 0) is 11.3 Å². The molecule has 0 saturated heterocycles. The van der Waals surface area contributed by atoms with Gasteiger partial charge >= 0.3 is 0 Å². The molecule has 0 unspecified atom stereocenters. The van der Waals surface area contributed by atoms with Gasteiger partial charge in [-0.15, -0.1) is 24.0 Å². The molecule has 0 spiro atoms. The summed E-state index contributed by atoms with van der Waals surface area (Å²) in [5.74, 6) is 1.98. The highest BCUT2D eigenvalue weighted by Gasteiger charge is 2.06. The quantitative estimate of drug-likeness (QED) is 0.215. The van der Waals surface area contributed by atoms with E-state index in [-0.39, 0.29) is 37.2 Å². The van der Waals surface area contributed by atoms with E-state index >= 15 is 0 Å². The van der Waals surface area contributed by atoms with E-state index in [2.05, 4.69) is 15.6 Å². The second-order valence-corrected chi connectivity index (χ2v) is 4.67. The van der Waals surface area contributed by atoms with Gasteiger partial charge in [-0.05, 0) is 24.6 Å². The van der Waals surface area contributed by atoms with Crippen molar-refractivity contribution in [1.82, 2.24) is 10.6 Å². The molecule has 0 aliphatic carbocycles. The Morgan fingerprint density at radius 1 is 1.17 bits per heavy atom. The van der Waals surface area contributed by atoms with Crippen molar-refractivity contribution in [2.75, 3.05) is 47.1 Å². The number of hydrogen-bond donors (Lipinski definition) is 3. The van der Waals surface area contributed by atoms with E-state index in [1.807, 2.05) is 25.1 Å². The number of aliphatic imine (C=N–C) groups is 1. The number of aliphatic hydroxyl groups excluding tert-OH is 1. The van der Waals surface area contributed by atoms with Gasteiger partial charge in [0.1, 0.15) is 6.61 Å². The molecule has 1 aromatic rings. The van der Waals surface area contributed by atoms with E-state index in [4.69, 9.17) is 19.3 Å². The highest BCUT2D eigenvalue weighted by Crippen LogP contribution is 2.28. The van der Waals surface area contributed by atoms with Crippen molar-refractivity contribution in [3.8, 4) is 11.5 Å². The van der Waals surface area contributed by atoms with Crippen LogP contribution in [-0.4, -0.2) is 58.2 Å². The summed E-state index contributed by atoms with van der Waals surface area (Å²) >= 11 is 0. The molecule has 0 bridgehead atoms. The molecule has 0 atom stereocenters. The Morgan fingerprint density at radius 3 is 2.58 bits per heavy atom. The average molecular weight is 453 g/mol. The van der Waals surface area contributed by atoms with Gasteiger partial charge in [-0.1, -0.05) is 6.07 Å². The highest BCUT2D eigenvalue weighted by atomic mass is 127. The van der Waals surface area contributed by atoms with E-state index in [1.165, 1.54) is 0 Å². The molecule has 0 aliphatic rings. The fraction of sp³-hybridized carbons (Fsp3) is 0.562. The number of nitrogens with one attached hydrogen (secondary N) is 2. The minimum absolute atomic E-state index is 0. The fourth-order valence-electron chi connectivity index (χ4n) is 1.87. The molecule has 0 amide bonds. The first kappa shape index (κ1) is 22.7. The Balaban J connectivity index is 0.00000529. The predicted molar refractivity (Wildman–Crippen MR) is 106 cm³/mol. The summed E-state index contributed by atoms with van der Waals surface area (Å²) in [4.78, 5) is 4.53. The summed E-state index contributed by atoms with van der Waals surface area (Å²) in [6.45, 7) is 4.84. The van der Waals surface area contributed by atoms with Crippen molar-refractivity contribution < 1.29 is 19.3 Å². The molecule has 0 aromatic heterocycles. The van der Waals surface area contributed by atoms with Crippen LogP contribution >= 0.6 is 24.0 Å². The number of aliphatic hydroxyl groups is 1. The Bertz CT molecular complexity index is 486. The molecule has 3 N–H and O–H groups in total. The van der Waals surface area contributed by atoms with Crippen molar-refractivity contribution in [2.45, 2.75) is 13.5 Å². The highest BCUT2D eigenvalue weighted by molar-refractivity contribution is 14.0. The third-order valence-electron chi connectivity index (χ3n) is 2.94. The lowest BCUT2D eigenvalue weighted by molar-refractivity contribution is 0.196. The molecule has 0 saturated carbocycles. The smallest absolute Gasteiger partial charge is 0.191 e. The Kier molecular flexibility index (Phi) is 13.4. The lowest BCUT2D eigenvalue weighted by atomic mass is 10.2. The first-order valence-electron chi connectivity index (χ1n) is 7.66. The maximum Gasteiger partial charge on any atom is 0.191 e. The summed E-state index contributed by atoms with van der Waals surface area (Å²) in [5, 5.41) is 15.2. The van der Waals surface area contributed by atoms with Crippen LogP contribution in [0.2, 0.25) is 0 Å². The molecule has 1 rings (SSSR count).